The minimum atomic E-state index is -0.262. The fourth-order valence-corrected chi connectivity index (χ4v) is 3.17. The zero-order valence-electron chi connectivity index (χ0n) is 16.4. The number of carbonyl (C=O) groups excluding carboxylic acids is 1. The number of fused-ring (bicyclic) bond motifs is 1. The molecule has 28 heavy (non-hydrogen) atoms. The van der Waals surface area contributed by atoms with Crippen LogP contribution >= 0.6 is 0 Å². The van der Waals surface area contributed by atoms with E-state index in [9.17, 15) is 9.90 Å². The lowest BCUT2D eigenvalue weighted by Gasteiger charge is -2.21. The molecule has 3 aromatic rings. The highest BCUT2D eigenvalue weighted by Crippen LogP contribution is 2.23. The SMILES string of the molecule is CCN(CC)c1ccc(/C=N/NC(=O)Cn2c(C)nc3ccccc32)c(O)c1. The van der Waals surface area contributed by atoms with Crippen LogP contribution in [-0.2, 0) is 11.3 Å². The van der Waals surface area contributed by atoms with Gasteiger partial charge in [-0.15, -0.1) is 0 Å². The minimum Gasteiger partial charge on any atom is -0.507 e. The van der Waals surface area contributed by atoms with Crippen LogP contribution in [0.4, 0.5) is 5.69 Å². The third kappa shape index (κ3) is 4.14. The molecule has 7 heteroatoms. The molecule has 1 aromatic heterocycles. The van der Waals surface area contributed by atoms with Crippen molar-refractivity contribution >= 4 is 28.8 Å². The standard InChI is InChI=1S/C21H25N5O2/c1-4-25(5-2)17-11-10-16(20(27)12-17)13-22-24-21(28)14-26-15(3)23-18-8-6-7-9-19(18)26/h6-13,27H,4-5,14H2,1-3H3,(H,24,28)/b22-13+. The van der Waals surface area contributed by atoms with Gasteiger partial charge in [0.15, 0.2) is 0 Å². The van der Waals surface area contributed by atoms with E-state index in [0.717, 1.165) is 35.6 Å². The van der Waals surface area contributed by atoms with E-state index >= 15 is 0 Å². The second kappa shape index (κ2) is 8.56. The summed E-state index contributed by atoms with van der Waals surface area (Å²) in [5.74, 6) is 0.630. The Kier molecular flexibility index (Phi) is 5.93. The quantitative estimate of drug-likeness (QED) is 0.488. The number of amides is 1. The topological polar surface area (TPSA) is 82.8 Å². The normalized spacial score (nSPS) is 11.2. The number of rotatable bonds is 7. The number of imidazole rings is 1. The van der Waals surface area contributed by atoms with Crippen molar-refractivity contribution < 1.29 is 9.90 Å². The number of nitrogens with zero attached hydrogens (tertiary/aromatic N) is 4. The first-order chi connectivity index (χ1) is 13.5. The van der Waals surface area contributed by atoms with Gasteiger partial charge in [0.05, 0.1) is 17.2 Å². The van der Waals surface area contributed by atoms with Crippen molar-refractivity contribution in [1.29, 1.82) is 0 Å². The molecule has 0 atom stereocenters. The Bertz CT molecular complexity index is 1010. The molecular formula is C21H25N5O2. The molecule has 0 aliphatic carbocycles. The highest BCUT2D eigenvalue weighted by atomic mass is 16.3. The van der Waals surface area contributed by atoms with Gasteiger partial charge in [-0.2, -0.15) is 5.10 Å². The van der Waals surface area contributed by atoms with Crippen molar-refractivity contribution in [2.75, 3.05) is 18.0 Å². The number of aryl methyl sites for hydroxylation is 1. The highest BCUT2D eigenvalue weighted by Gasteiger charge is 2.10. The van der Waals surface area contributed by atoms with Crippen LogP contribution in [-0.4, -0.2) is 39.9 Å². The summed E-state index contributed by atoms with van der Waals surface area (Å²) in [5.41, 5.74) is 5.76. The predicted molar refractivity (Wildman–Crippen MR) is 112 cm³/mol. The maximum absolute atomic E-state index is 12.3. The van der Waals surface area contributed by atoms with Gasteiger partial charge < -0.3 is 14.6 Å². The summed E-state index contributed by atoms with van der Waals surface area (Å²) < 4.78 is 1.84. The number of aromatic nitrogens is 2. The van der Waals surface area contributed by atoms with Crippen molar-refractivity contribution in [3.05, 3.63) is 53.9 Å². The molecule has 0 saturated carbocycles. The number of hydrogen-bond acceptors (Lipinski definition) is 5. The summed E-state index contributed by atoms with van der Waals surface area (Å²) in [6, 6.07) is 13.1. The van der Waals surface area contributed by atoms with Crippen molar-refractivity contribution in [1.82, 2.24) is 15.0 Å². The predicted octanol–water partition coefficient (Wildman–Crippen LogP) is 3.05. The molecule has 3 rings (SSSR count). The third-order valence-electron chi connectivity index (χ3n) is 4.68. The van der Waals surface area contributed by atoms with E-state index in [4.69, 9.17) is 0 Å². The van der Waals surface area contributed by atoms with E-state index in [0.29, 0.717) is 5.56 Å². The first-order valence-corrected chi connectivity index (χ1v) is 9.35. The summed E-state index contributed by atoms with van der Waals surface area (Å²) in [6.07, 6.45) is 1.44. The van der Waals surface area contributed by atoms with E-state index < -0.39 is 0 Å². The lowest BCUT2D eigenvalue weighted by Crippen LogP contribution is -2.23. The Hall–Kier alpha value is -3.35. The van der Waals surface area contributed by atoms with E-state index in [2.05, 4.69) is 34.3 Å². The van der Waals surface area contributed by atoms with E-state index in [1.807, 2.05) is 41.8 Å². The first kappa shape index (κ1) is 19.4. The number of para-hydroxylation sites is 2. The van der Waals surface area contributed by atoms with Gasteiger partial charge in [0.1, 0.15) is 18.1 Å². The van der Waals surface area contributed by atoms with Crippen molar-refractivity contribution in [2.24, 2.45) is 5.10 Å². The second-order valence-electron chi connectivity index (χ2n) is 6.44. The van der Waals surface area contributed by atoms with Crippen molar-refractivity contribution in [2.45, 2.75) is 27.3 Å². The Morgan fingerprint density at radius 1 is 1.25 bits per heavy atom. The summed E-state index contributed by atoms with van der Waals surface area (Å²) >= 11 is 0. The zero-order valence-corrected chi connectivity index (χ0v) is 16.4. The Balaban J connectivity index is 1.66. The number of anilines is 1. The molecule has 0 aliphatic heterocycles. The molecule has 2 aromatic carbocycles. The number of aromatic hydroxyl groups is 1. The van der Waals surface area contributed by atoms with Gasteiger partial charge in [-0.3, -0.25) is 4.79 Å². The molecule has 2 N–H and O–H groups in total. The fraction of sp³-hybridized carbons (Fsp3) is 0.286. The summed E-state index contributed by atoms with van der Waals surface area (Å²) in [6.45, 7) is 7.85. The third-order valence-corrected chi connectivity index (χ3v) is 4.68. The monoisotopic (exact) mass is 379 g/mol. The van der Waals surface area contributed by atoms with E-state index in [1.54, 1.807) is 12.1 Å². The molecule has 1 amide bonds. The number of benzene rings is 2. The van der Waals surface area contributed by atoms with Gasteiger partial charge in [-0.05, 0) is 45.0 Å². The molecule has 0 unspecified atom stereocenters. The Labute approximate surface area is 164 Å². The van der Waals surface area contributed by atoms with Crippen LogP contribution in [0.25, 0.3) is 11.0 Å². The van der Waals surface area contributed by atoms with Crippen molar-refractivity contribution in [3.8, 4) is 5.75 Å². The number of phenolic OH excluding ortho intramolecular Hbond substituents is 1. The number of nitrogens with one attached hydrogen (secondary N) is 1. The van der Waals surface area contributed by atoms with Crippen LogP contribution in [0.3, 0.4) is 0 Å². The maximum Gasteiger partial charge on any atom is 0.260 e. The lowest BCUT2D eigenvalue weighted by molar-refractivity contribution is -0.121. The number of phenols is 1. The van der Waals surface area contributed by atoms with Gasteiger partial charge in [0.25, 0.3) is 5.91 Å². The van der Waals surface area contributed by atoms with E-state index in [-0.39, 0.29) is 18.2 Å². The summed E-state index contributed by atoms with van der Waals surface area (Å²) in [5, 5.41) is 14.2. The van der Waals surface area contributed by atoms with Gasteiger partial charge >= 0.3 is 0 Å². The molecule has 0 radical (unpaired) electrons. The summed E-state index contributed by atoms with van der Waals surface area (Å²) in [7, 11) is 0. The Morgan fingerprint density at radius 3 is 2.71 bits per heavy atom. The van der Waals surface area contributed by atoms with Crippen LogP contribution in [0.2, 0.25) is 0 Å². The largest absolute Gasteiger partial charge is 0.507 e. The molecule has 0 spiro atoms. The van der Waals surface area contributed by atoms with E-state index in [1.165, 1.54) is 6.21 Å². The second-order valence-corrected chi connectivity index (χ2v) is 6.44. The number of hydrazone groups is 1. The molecule has 0 fully saturated rings. The van der Waals surface area contributed by atoms with Crippen LogP contribution in [0.1, 0.15) is 25.2 Å². The smallest absolute Gasteiger partial charge is 0.260 e. The fourth-order valence-electron chi connectivity index (χ4n) is 3.17. The molecule has 146 valence electrons. The van der Waals surface area contributed by atoms with Gasteiger partial charge in [0, 0.05) is 30.4 Å². The lowest BCUT2D eigenvalue weighted by atomic mass is 10.2. The van der Waals surface area contributed by atoms with Crippen molar-refractivity contribution in [3.63, 3.8) is 0 Å². The van der Waals surface area contributed by atoms with Crippen LogP contribution in [0, 0.1) is 6.92 Å². The number of hydrogen-bond donors (Lipinski definition) is 2. The van der Waals surface area contributed by atoms with Crippen LogP contribution < -0.4 is 10.3 Å². The Morgan fingerprint density at radius 2 is 2.00 bits per heavy atom. The number of carbonyl (C=O) groups is 1. The van der Waals surface area contributed by atoms with Gasteiger partial charge in [-0.25, -0.2) is 10.4 Å². The average Bonchev–Trinajstić information content (AvgIpc) is 3.00. The highest BCUT2D eigenvalue weighted by molar-refractivity contribution is 5.86. The first-order valence-electron chi connectivity index (χ1n) is 9.35. The molecule has 0 bridgehead atoms. The van der Waals surface area contributed by atoms with Gasteiger partial charge in [-0.1, -0.05) is 12.1 Å². The van der Waals surface area contributed by atoms with Gasteiger partial charge in [0.2, 0.25) is 0 Å². The van der Waals surface area contributed by atoms with Crippen LogP contribution in [0.15, 0.2) is 47.6 Å². The summed E-state index contributed by atoms with van der Waals surface area (Å²) in [4.78, 5) is 18.8. The molecule has 0 aliphatic rings. The van der Waals surface area contributed by atoms with Crippen LogP contribution in [0.5, 0.6) is 5.75 Å². The molecule has 0 saturated heterocycles. The zero-order chi connectivity index (χ0) is 20.1. The average molecular weight is 379 g/mol. The molecule has 7 nitrogen and oxygen atoms in total. The molecule has 1 heterocycles. The maximum atomic E-state index is 12.3. The minimum absolute atomic E-state index is 0.122. The molecular weight excluding hydrogens is 354 g/mol.